The van der Waals surface area contributed by atoms with Gasteiger partial charge in [0, 0.05) is 25.2 Å². The Bertz CT molecular complexity index is 740. The molecule has 0 bridgehead atoms. The van der Waals surface area contributed by atoms with Gasteiger partial charge in [-0.15, -0.1) is 0 Å². The number of hydrogen-bond acceptors (Lipinski definition) is 5. The van der Waals surface area contributed by atoms with Crippen molar-refractivity contribution in [3.05, 3.63) is 59.7 Å². The van der Waals surface area contributed by atoms with Crippen molar-refractivity contribution in [1.29, 1.82) is 0 Å². The molecule has 150 valence electrons. The van der Waals surface area contributed by atoms with Crippen LogP contribution in [-0.4, -0.2) is 56.9 Å². The minimum Gasteiger partial charge on any atom is -0.497 e. The number of carbonyl (C=O) groups excluding carboxylic acids is 1. The third-order valence-corrected chi connectivity index (χ3v) is 4.66. The Morgan fingerprint density at radius 1 is 1.07 bits per heavy atom. The molecule has 1 atom stereocenters. The van der Waals surface area contributed by atoms with E-state index in [1.807, 2.05) is 55.5 Å². The van der Waals surface area contributed by atoms with Crippen LogP contribution in [0.4, 0.5) is 0 Å². The molecule has 1 N–H and O–H groups in total. The van der Waals surface area contributed by atoms with Crippen LogP contribution < -0.4 is 14.8 Å². The van der Waals surface area contributed by atoms with Crippen molar-refractivity contribution in [1.82, 2.24) is 10.2 Å². The third-order valence-electron chi connectivity index (χ3n) is 4.66. The van der Waals surface area contributed by atoms with Crippen molar-refractivity contribution in [3.63, 3.8) is 0 Å². The summed E-state index contributed by atoms with van der Waals surface area (Å²) in [7, 11) is 1.63. The molecule has 1 saturated heterocycles. The molecule has 0 spiro atoms. The Morgan fingerprint density at radius 3 is 2.36 bits per heavy atom. The molecule has 6 nitrogen and oxygen atoms in total. The van der Waals surface area contributed by atoms with E-state index in [4.69, 9.17) is 14.2 Å². The molecule has 0 aromatic heterocycles. The molecule has 0 aliphatic carbocycles. The van der Waals surface area contributed by atoms with Crippen molar-refractivity contribution in [2.24, 2.45) is 0 Å². The van der Waals surface area contributed by atoms with Crippen molar-refractivity contribution in [2.75, 3.05) is 40.0 Å². The molecule has 1 aliphatic rings. The van der Waals surface area contributed by atoms with E-state index in [1.165, 1.54) is 5.56 Å². The molecular weight excluding hydrogens is 356 g/mol. The minimum absolute atomic E-state index is 0.0937. The summed E-state index contributed by atoms with van der Waals surface area (Å²) in [6.07, 6.45) is 0. The maximum atomic E-state index is 12.4. The number of hydrogen-bond donors (Lipinski definition) is 1. The zero-order chi connectivity index (χ0) is 19.8. The zero-order valence-corrected chi connectivity index (χ0v) is 16.5. The van der Waals surface area contributed by atoms with E-state index in [2.05, 4.69) is 10.2 Å². The van der Waals surface area contributed by atoms with Gasteiger partial charge in [-0.05, 0) is 48.9 Å². The van der Waals surface area contributed by atoms with Gasteiger partial charge in [0.1, 0.15) is 18.1 Å². The van der Waals surface area contributed by atoms with Gasteiger partial charge in [-0.1, -0.05) is 12.1 Å². The number of rotatable bonds is 8. The predicted molar refractivity (Wildman–Crippen MR) is 108 cm³/mol. The first kappa shape index (κ1) is 20.2. The largest absolute Gasteiger partial charge is 0.497 e. The predicted octanol–water partition coefficient (Wildman–Crippen LogP) is 2.72. The molecule has 0 saturated carbocycles. The highest BCUT2D eigenvalue weighted by Crippen LogP contribution is 2.17. The van der Waals surface area contributed by atoms with Crippen LogP contribution in [0.2, 0.25) is 0 Å². The van der Waals surface area contributed by atoms with Crippen molar-refractivity contribution in [3.8, 4) is 11.5 Å². The van der Waals surface area contributed by atoms with E-state index in [9.17, 15) is 4.79 Å². The highest BCUT2D eigenvalue weighted by Gasteiger charge is 2.13. The summed E-state index contributed by atoms with van der Waals surface area (Å²) in [5, 5.41) is 2.97. The number of amides is 1. The number of nitrogens with one attached hydrogen (secondary N) is 1. The smallest absolute Gasteiger partial charge is 0.251 e. The van der Waals surface area contributed by atoms with E-state index in [0.717, 1.165) is 44.3 Å². The zero-order valence-electron chi connectivity index (χ0n) is 16.5. The molecule has 2 aromatic rings. The second-order valence-electron chi connectivity index (χ2n) is 6.95. The fourth-order valence-corrected chi connectivity index (χ4v) is 3.02. The van der Waals surface area contributed by atoms with Crippen LogP contribution in [0.15, 0.2) is 48.5 Å². The monoisotopic (exact) mass is 384 g/mol. The molecular formula is C22H28N2O4. The van der Waals surface area contributed by atoms with Crippen molar-refractivity contribution >= 4 is 5.91 Å². The molecule has 1 amide bonds. The number of nitrogens with zero attached hydrogens (tertiary/aromatic N) is 1. The van der Waals surface area contributed by atoms with Crippen LogP contribution in [0.5, 0.6) is 11.5 Å². The molecule has 6 heteroatoms. The lowest BCUT2D eigenvalue weighted by Crippen LogP contribution is -2.37. The number of methoxy groups -OCH3 is 1. The van der Waals surface area contributed by atoms with Gasteiger partial charge in [-0.25, -0.2) is 0 Å². The average Bonchev–Trinajstić information content (AvgIpc) is 2.74. The van der Waals surface area contributed by atoms with Crippen LogP contribution >= 0.6 is 0 Å². The van der Waals surface area contributed by atoms with Crippen molar-refractivity contribution < 1.29 is 19.0 Å². The Morgan fingerprint density at radius 2 is 1.71 bits per heavy atom. The van der Waals surface area contributed by atoms with E-state index in [-0.39, 0.29) is 11.9 Å². The molecule has 3 rings (SSSR count). The Hall–Kier alpha value is -2.57. The van der Waals surface area contributed by atoms with Crippen LogP contribution in [0.25, 0.3) is 0 Å². The summed E-state index contributed by atoms with van der Waals surface area (Å²) < 4.78 is 16.2. The first-order valence-electron chi connectivity index (χ1n) is 9.61. The summed E-state index contributed by atoms with van der Waals surface area (Å²) in [6, 6.07) is 15.1. The summed E-state index contributed by atoms with van der Waals surface area (Å²) in [5.41, 5.74) is 1.86. The van der Waals surface area contributed by atoms with Crippen LogP contribution in [0.1, 0.15) is 22.8 Å². The highest BCUT2D eigenvalue weighted by atomic mass is 16.5. The summed E-state index contributed by atoms with van der Waals surface area (Å²) in [5.74, 6) is 1.43. The maximum absolute atomic E-state index is 12.4. The molecule has 0 unspecified atom stereocenters. The topological polar surface area (TPSA) is 60.0 Å². The quantitative estimate of drug-likeness (QED) is 0.758. The van der Waals surface area contributed by atoms with Gasteiger partial charge in [0.2, 0.25) is 0 Å². The first-order chi connectivity index (χ1) is 13.6. The minimum atomic E-state index is -0.109. The number of morpholine rings is 1. The first-order valence-corrected chi connectivity index (χ1v) is 9.61. The molecule has 2 aromatic carbocycles. The van der Waals surface area contributed by atoms with Gasteiger partial charge in [0.05, 0.1) is 26.4 Å². The van der Waals surface area contributed by atoms with Crippen molar-refractivity contribution in [2.45, 2.75) is 19.5 Å². The van der Waals surface area contributed by atoms with E-state index < -0.39 is 0 Å². The summed E-state index contributed by atoms with van der Waals surface area (Å²) in [4.78, 5) is 14.8. The molecule has 1 aliphatic heterocycles. The Labute approximate surface area is 166 Å². The summed E-state index contributed by atoms with van der Waals surface area (Å²) in [6.45, 7) is 6.69. The maximum Gasteiger partial charge on any atom is 0.251 e. The van der Waals surface area contributed by atoms with Gasteiger partial charge in [0.15, 0.2) is 0 Å². The average molecular weight is 384 g/mol. The third kappa shape index (κ3) is 5.97. The molecule has 0 radical (unpaired) electrons. The SMILES string of the molecule is COc1ccc(OC[C@H](C)NC(=O)c2ccc(CN3CCOCC3)cc2)cc1. The Kier molecular flexibility index (Phi) is 7.28. The number of benzene rings is 2. The normalized spacial score (nSPS) is 15.6. The molecule has 1 fully saturated rings. The lowest BCUT2D eigenvalue weighted by Gasteiger charge is -2.26. The van der Waals surface area contributed by atoms with Gasteiger partial charge in [0.25, 0.3) is 5.91 Å². The standard InChI is InChI=1S/C22H28N2O4/c1-17(16-28-21-9-7-20(26-2)8-10-21)23-22(25)19-5-3-18(4-6-19)15-24-11-13-27-14-12-24/h3-10,17H,11-16H2,1-2H3,(H,23,25)/t17-/m0/s1. The van der Waals surface area contributed by atoms with Gasteiger partial charge in [-0.2, -0.15) is 0 Å². The fourth-order valence-electron chi connectivity index (χ4n) is 3.02. The van der Waals surface area contributed by atoms with Crippen LogP contribution in [0.3, 0.4) is 0 Å². The van der Waals surface area contributed by atoms with Gasteiger partial charge in [-0.3, -0.25) is 9.69 Å². The van der Waals surface area contributed by atoms with Crippen LogP contribution in [-0.2, 0) is 11.3 Å². The lowest BCUT2D eigenvalue weighted by molar-refractivity contribution is 0.0342. The molecule has 28 heavy (non-hydrogen) atoms. The second kappa shape index (κ2) is 10.1. The molecule has 1 heterocycles. The highest BCUT2D eigenvalue weighted by molar-refractivity contribution is 5.94. The second-order valence-corrected chi connectivity index (χ2v) is 6.95. The van der Waals surface area contributed by atoms with E-state index in [0.29, 0.717) is 12.2 Å². The lowest BCUT2D eigenvalue weighted by atomic mass is 10.1. The van der Waals surface area contributed by atoms with Crippen LogP contribution in [0, 0.1) is 0 Å². The van der Waals surface area contributed by atoms with Gasteiger partial charge < -0.3 is 19.5 Å². The number of ether oxygens (including phenoxy) is 3. The van der Waals surface area contributed by atoms with Gasteiger partial charge >= 0.3 is 0 Å². The summed E-state index contributed by atoms with van der Waals surface area (Å²) >= 11 is 0. The fraction of sp³-hybridized carbons (Fsp3) is 0.409. The van der Waals surface area contributed by atoms with E-state index in [1.54, 1.807) is 7.11 Å². The number of carbonyl (C=O) groups is 1. The van der Waals surface area contributed by atoms with E-state index >= 15 is 0 Å². The Balaban J connectivity index is 1.45.